The molecule has 0 bridgehead atoms. The summed E-state index contributed by atoms with van der Waals surface area (Å²) in [5.41, 5.74) is 1.07. The van der Waals surface area contributed by atoms with E-state index in [-0.39, 0.29) is 6.61 Å². The predicted molar refractivity (Wildman–Crippen MR) is 71.7 cm³/mol. The first-order chi connectivity index (χ1) is 8.78. The number of benzene rings is 1. The van der Waals surface area contributed by atoms with Crippen molar-refractivity contribution in [3.05, 3.63) is 24.3 Å². The molecular weight excluding hydrogens is 226 g/mol. The Morgan fingerprint density at radius 2 is 2.22 bits per heavy atom. The lowest BCUT2D eigenvalue weighted by atomic mass is 10.1. The van der Waals surface area contributed by atoms with Gasteiger partial charge in [0.2, 0.25) is 0 Å². The fraction of sp³-hybridized carbons (Fsp3) is 0.500. The molecule has 1 saturated heterocycles. The van der Waals surface area contributed by atoms with Crippen LogP contribution in [0.3, 0.4) is 0 Å². The zero-order valence-electron chi connectivity index (χ0n) is 10.7. The van der Waals surface area contributed by atoms with Crippen molar-refractivity contribution in [3.63, 3.8) is 0 Å². The van der Waals surface area contributed by atoms with Gasteiger partial charge in [0, 0.05) is 17.8 Å². The number of hydrogen-bond donors (Lipinski definition) is 1. The van der Waals surface area contributed by atoms with Gasteiger partial charge in [-0.1, -0.05) is 6.07 Å². The molecule has 1 N–H and O–H groups in total. The van der Waals surface area contributed by atoms with Gasteiger partial charge in [-0.2, -0.15) is 5.26 Å². The van der Waals surface area contributed by atoms with Crippen LogP contribution in [0.1, 0.15) is 12.8 Å². The molecule has 0 aromatic heterocycles. The minimum Gasteiger partial charge on any atom is -0.479 e. The van der Waals surface area contributed by atoms with E-state index >= 15 is 0 Å². The second-order valence-electron chi connectivity index (χ2n) is 4.70. The third kappa shape index (κ3) is 3.64. The van der Waals surface area contributed by atoms with Gasteiger partial charge in [-0.25, -0.2) is 0 Å². The lowest BCUT2D eigenvalue weighted by molar-refractivity contribution is 0.264. The summed E-state index contributed by atoms with van der Waals surface area (Å²) in [6, 6.07) is 10.3. The summed E-state index contributed by atoms with van der Waals surface area (Å²) in [4.78, 5) is 2.35. The summed E-state index contributed by atoms with van der Waals surface area (Å²) < 4.78 is 5.29. The monoisotopic (exact) mass is 245 g/mol. The molecule has 0 unspecified atom stereocenters. The number of likely N-dealkylation sites (tertiary alicyclic amines) is 1. The summed E-state index contributed by atoms with van der Waals surface area (Å²) in [6.45, 7) is 2.38. The normalized spacial score (nSPS) is 17.1. The molecule has 4 nitrogen and oxygen atoms in total. The van der Waals surface area contributed by atoms with Crippen LogP contribution >= 0.6 is 0 Å². The number of ether oxygens (including phenoxy) is 1. The molecule has 1 aliphatic rings. The zero-order chi connectivity index (χ0) is 12.8. The smallest absolute Gasteiger partial charge is 0.174 e. The van der Waals surface area contributed by atoms with E-state index in [1.54, 1.807) is 0 Å². The maximum Gasteiger partial charge on any atom is 0.174 e. The Balaban J connectivity index is 1.91. The Labute approximate surface area is 108 Å². The number of nitriles is 1. The van der Waals surface area contributed by atoms with E-state index in [2.05, 4.69) is 17.3 Å². The molecule has 2 rings (SSSR count). The third-order valence-electron chi connectivity index (χ3n) is 3.23. The minimum atomic E-state index is 0.0949. The molecule has 0 saturated carbocycles. The van der Waals surface area contributed by atoms with Crippen LogP contribution < -0.4 is 10.1 Å². The van der Waals surface area contributed by atoms with Gasteiger partial charge in [0.1, 0.15) is 11.8 Å². The Morgan fingerprint density at radius 3 is 2.94 bits per heavy atom. The van der Waals surface area contributed by atoms with Crippen LogP contribution in [0.5, 0.6) is 5.75 Å². The second-order valence-corrected chi connectivity index (χ2v) is 4.70. The number of rotatable bonds is 4. The second kappa shape index (κ2) is 6.27. The molecule has 4 heteroatoms. The largest absolute Gasteiger partial charge is 0.479 e. The Kier molecular flexibility index (Phi) is 4.43. The zero-order valence-corrected chi connectivity index (χ0v) is 10.7. The van der Waals surface area contributed by atoms with Crippen LogP contribution in [0.15, 0.2) is 24.3 Å². The van der Waals surface area contributed by atoms with Crippen LogP contribution in [0.2, 0.25) is 0 Å². The van der Waals surface area contributed by atoms with E-state index < -0.39 is 0 Å². The first-order valence-corrected chi connectivity index (χ1v) is 6.33. The van der Waals surface area contributed by atoms with Crippen molar-refractivity contribution < 1.29 is 4.74 Å². The molecule has 1 aromatic rings. The van der Waals surface area contributed by atoms with Gasteiger partial charge < -0.3 is 15.0 Å². The Hall–Kier alpha value is -1.73. The van der Waals surface area contributed by atoms with E-state index in [0.717, 1.165) is 24.5 Å². The molecule has 0 spiro atoms. The van der Waals surface area contributed by atoms with Crippen molar-refractivity contribution in [2.24, 2.45) is 0 Å². The van der Waals surface area contributed by atoms with Crippen molar-refractivity contribution in [3.8, 4) is 11.8 Å². The quantitative estimate of drug-likeness (QED) is 0.882. The Bertz CT molecular complexity index is 419. The maximum atomic E-state index is 8.49. The Morgan fingerprint density at radius 1 is 1.44 bits per heavy atom. The minimum absolute atomic E-state index is 0.0949. The number of nitrogens with zero attached hydrogens (tertiary/aromatic N) is 2. The van der Waals surface area contributed by atoms with Gasteiger partial charge in [0.25, 0.3) is 0 Å². The first kappa shape index (κ1) is 12.7. The van der Waals surface area contributed by atoms with Crippen molar-refractivity contribution in [2.75, 3.05) is 32.1 Å². The van der Waals surface area contributed by atoms with E-state index in [0.29, 0.717) is 6.04 Å². The van der Waals surface area contributed by atoms with Crippen LogP contribution in [0, 0.1) is 11.3 Å². The van der Waals surface area contributed by atoms with Crippen molar-refractivity contribution in [1.82, 2.24) is 4.90 Å². The predicted octanol–water partition coefficient (Wildman–Crippen LogP) is 2.10. The molecule has 0 radical (unpaired) electrons. The van der Waals surface area contributed by atoms with Crippen LogP contribution in [0.4, 0.5) is 5.69 Å². The topological polar surface area (TPSA) is 48.3 Å². The van der Waals surface area contributed by atoms with Crippen LogP contribution in [-0.4, -0.2) is 37.7 Å². The lowest BCUT2D eigenvalue weighted by Crippen LogP contribution is -2.36. The fourth-order valence-corrected chi connectivity index (χ4v) is 2.18. The van der Waals surface area contributed by atoms with Gasteiger partial charge in [0.05, 0.1) is 0 Å². The third-order valence-corrected chi connectivity index (χ3v) is 3.23. The molecule has 1 heterocycles. The average Bonchev–Trinajstić information content (AvgIpc) is 2.40. The highest BCUT2D eigenvalue weighted by Crippen LogP contribution is 2.20. The molecule has 0 aliphatic carbocycles. The highest BCUT2D eigenvalue weighted by atomic mass is 16.5. The van der Waals surface area contributed by atoms with Crippen LogP contribution in [0.25, 0.3) is 0 Å². The fourth-order valence-electron chi connectivity index (χ4n) is 2.18. The van der Waals surface area contributed by atoms with E-state index in [4.69, 9.17) is 10.00 Å². The average molecular weight is 245 g/mol. The SMILES string of the molecule is CN1CCC(Nc2cccc(OCC#N)c2)CC1. The number of hydrogen-bond acceptors (Lipinski definition) is 4. The highest BCUT2D eigenvalue weighted by molar-refractivity contribution is 5.49. The van der Waals surface area contributed by atoms with Gasteiger partial charge in [-0.05, 0) is 45.1 Å². The molecule has 18 heavy (non-hydrogen) atoms. The van der Waals surface area contributed by atoms with Gasteiger partial charge in [0.15, 0.2) is 6.61 Å². The molecular formula is C14H19N3O. The van der Waals surface area contributed by atoms with Gasteiger partial charge >= 0.3 is 0 Å². The van der Waals surface area contributed by atoms with E-state index in [9.17, 15) is 0 Å². The molecule has 0 amide bonds. The number of piperidine rings is 1. The first-order valence-electron chi connectivity index (χ1n) is 6.33. The van der Waals surface area contributed by atoms with Crippen LogP contribution in [-0.2, 0) is 0 Å². The van der Waals surface area contributed by atoms with E-state index in [1.807, 2.05) is 30.3 Å². The van der Waals surface area contributed by atoms with Gasteiger partial charge in [-0.15, -0.1) is 0 Å². The summed E-state index contributed by atoms with van der Waals surface area (Å²) in [5.74, 6) is 0.745. The summed E-state index contributed by atoms with van der Waals surface area (Å²) in [6.07, 6.45) is 2.33. The molecule has 1 fully saturated rings. The molecule has 1 aliphatic heterocycles. The number of nitrogens with one attached hydrogen (secondary N) is 1. The summed E-state index contributed by atoms with van der Waals surface area (Å²) in [7, 11) is 2.16. The molecule has 96 valence electrons. The maximum absolute atomic E-state index is 8.49. The highest BCUT2D eigenvalue weighted by Gasteiger charge is 2.16. The van der Waals surface area contributed by atoms with E-state index in [1.165, 1.54) is 12.8 Å². The van der Waals surface area contributed by atoms with Gasteiger partial charge in [-0.3, -0.25) is 0 Å². The summed E-state index contributed by atoms with van der Waals surface area (Å²) >= 11 is 0. The van der Waals surface area contributed by atoms with Crippen molar-refractivity contribution in [2.45, 2.75) is 18.9 Å². The standard InChI is InChI=1S/C14H19N3O/c1-17-8-5-12(6-9-17)16-13-3-2-4-14(11-13)18-10-7-15/h2-4,11-12,16H,5-6,8-10H2,1H3. The molecule has 0 atom stereocenters. The van der Waals surface area contributed by atoms with Crippen molar-refractivity contribution >= 4 is 5.69 Å². The van der Waals surface area contributed by atoms with Crippen molar-refractivity contribution in [1.29, 1.82) is 5.26 Å². The summed E-state index contributed by atoms with van der Waals surface area (Å²) in [5, 5.41) is 12.0. The molecule has 1 aromatic carbocycles. The number of anilines is 1. The lowest BCUT2D eigenvalue weighted by Gasteiger charge is -2.30.